The highest BCUT2D eigenvalue weighted by atomic mass is 16.5. The molecule has 3 heterocycles. The molecule has 7 nitrogen and oxygen atoms in total. The average Bonchev–Trinajstić information content (AvgIpc) is 2.86. The van der Waals surface area contributed by atoms with Gasteiger partial charge in [-0.3, -0.25) is 5.10 Å². The third-order valence-electron chi connectivity index (χ3n) is 3.54. The molecular weight excluding hydrogens is 270 g/mol. The monoisotopic (exact) mass is 291 g/mol. The molecule has 114 valence electrons. The van der Waals surface area contributed by atoms with Crippen molar-refractivity contribution in [3.05, 3.63) is 6.20 Å². The number of fused-ring (bicyclic) bond motifs is 1. The molecule has 2 aromatic heterocycles. The minimum Gasteiger partial charge on any atom is -0.474 e. The van der Waals surface area contributed by atoms with Crippen molar-refractivity contribution in [2.45, 2.75) is 51.9 Å². The van der Waals surface area contributed by atoms with E-state index >= 15 is 0 Å². The third-order valence-corrected chi connectivity index (χ3v) is 3.54. The van der Waals surface area contributed by atoms with Crippen molar-refractivity contribution in [2.75, 3.05) is 11.9 Å². The van der Waals surface area contributed by atoms with Crippen LogP contribution in [-0.4, -0.2) is 45.0 Å². The molecule has 0 spiro atoms. The lowest BCUT2D eigenvalue weighted by molar-refractivity contribution is -0.0726. The van der Waals surface area contributed by atoms with E-state index in [1.54, 1.807) is 6.20 Å². The number of hydrogen-bond donors (Lipinski definition) is 2. The van der Waals surface area contributed by atoms with Gasteiger partial charge in [0.2, 0.25) is 11.8 Å². The van der Waals surface area contributed by atoms with Crippen molar-refractivity contribution < 1.29 is 9.47 Å². The summed E-state index contributed by atoms with van der Waals surface area (Å²) in [4.78, 5) is 8.83. The lowest BCUT2D eigenvalue weighted by Gasteiger charge is -2.32. The smallest absolute Gasteiger partial charge is 0.229 e. The van der Waals surface area contributed by atoms with E-state index in [1.165, 1.54) is 0 Å². The molecule has 0 aliphatic carbocycles. The number of nitrogens with zero attached hydrogens (tertiary/aromatic N) is 3. The molecule has 2 unspecified atom stereocenters. The van der Waals surface area contributed by atoms with Crippen LogP contribution >= 0.6 is 0 Å². The molecule has 0 aromatic carbocycles. The lowest BCUT2D eigenvalue weighted by Crippen LogP contribution is -2.35. The Morgan fingerprint density at radius 3 is 2.81 bits per heavy atom. The van der Waals surface area contributed by atoms with Gasteiger partial charge in [0.05, 0.1) is 18.4 Å². The number of ether oxygens (including phenoxy) is 2. The van der Waals surface area contributed by atoms with Gasteiger partial charge in [-0.2, -0.15) is 15.1 Å². The second-order valence-electron chi connectivity index (χ2n) is 5.48. The molecule has 2 atom stereocenters. The van der Waals surface area contributed by atoms with Crippen molar-refractivity contribution in [1.82, 2.24) is 20.2 Å². The molecular formula is C14H21N5O2. The highest BCUT2D eigenvalue weighted by Crippen LogP contribution is 2.28. The van der Waals surface area contributed by atoms with Gasteiger partial charge >= 0.3 is 0 Å². The maximum atomic E-state index is 6.12. The second-order valence-corrected chi connectivity index (χ2v) is 5.48. The Morgan fingerprint density at radius 2 is 2.10 bits per heavy atom. The van der Waals surface area contributed by atoms with Gasteiger partial charge in [-0.15, -0.1) is 0 Å². The fourth-order valence-corrected chi connectivity index (χ4v) is 2.73. The van der Waals surface area contributed by atoms with Gasteiger partial charge in [-0.05, 0) is 20.8 Å². The van der Waals surface area contributed by atoms with E-state index < -0.39 is 0 Å². The van der Waals surface area contributed by atoms with Gasteiger partial charge in [-0.1, -0.05) is 0 Å². The Balaban J connectivity index is 1.86. The summed E-state index contributed by atoms with van der Waals surface area (Å²) in [6.45, 7) is 6.90. The van der Waals surface area contributed by atoms with Crippen LogP contribution in [0.4, 0.5) is 5.95 Å². The SMILES string of the molecule is CCNc1nc(OC2CC(C)OC(C)C2)c2cn[nH]c2n1. The lowest BCUT2D eigenvalue weighted by atomic mass is 10.0. The van der Waals surface area contributed by atoms with Crippen LogP contribution < -0.4 is 10.1 Å². The Kier molecular flexibility index (Phi) is 3.92. The number of nitrogens with one attached hydrogen (secondary N) is 2. The molecule has 0 radical (unpaired) electrons. The first-order valence-electron chi connectivity index (χ1n) is 7.42. The molecule has 1 fully saturated rings. The van der Waals surface area contributed by atoms with E-state index in [1.807, 2.05) is 6.92 Å². The third kappa shape index (κ3) is 3.07. The summed E-state index contributed by atoms with van der Waals surface area (Å²) >= 11 is 0. The zero-order valence-corrected chi connectivity index (χ0v) is 12.6. The van der Waals surface area contributed by atoms with Crippen LogP contribution in [0.25, 0.3) is 11.0 Å². The predicted molar refractivity (Wildman–Crippen MR) is 79.5 cm³/mol. The quantitative estimate of drug-likeness (QED) is 0.897. The van der Waals surface area contributed by atoms with Crippen LogP contribution in [0.5, 0.6) is 5.88 Å². The second kappa shape index (κ2) is 5.85. The van der Waals surface area contributed by atoms with Crippen LogP contribution in [0.2, 0.25) is 0 Å². The summed E-state index contributed by atoms with van der Waals surface area (Å²) in [5.74, 6) is 1.13. The molecule has 7 heteroatoms. The van der Waals surface area contributed by atoms with Crippen molar-refractivity contribution >= 4 is 17.0 Å². The van der Waals surface area contributed by atoms with Crippen molar-refractivity contribution in [3.63, 3.8) is 0 Å². The Morgan fingerprint density at radius 1 is 1.33 bits per heavy atom. The first kappa shape index (κ1) is 14.1. The van der Waals surface area contributed by atoms with Crippen molar-refractivity contribution in [1.29, 1.82) is 0 Å². The van der Waals surface area contributed by atoms with Gasteiger partial charge in [0.25, 0.3) is 0 Å². The van der Waals surface area contributed by atoms with E-state index in [9.17, 15) is 0 Å². The van der Waals surface area contributed by atoms with Gasteiger partial charge in [0.1, 0.15) is 11.5 Å². The first-order chi connectivity index (χ1) is 10.2. The maximum absolute atomic E-state index is 6.12. The Hall–Kier alpha value is -1.89. The molecule has 1 aliphatic heterocycles. The number of aromatic nitrogens is 4. The van der Waals surface area contributed by atoms with Crippen molar-refractivity contribution in [3.8, 4) is 5.88 Å². The predicted octanol–water partition coefficient (Wildman–Crippen LogP) is 2.12. The van der Waals surface area contributed by atoms with E-state index in [2.05, 4.69) is 39.3 Å². The number of hydrogen-bond acceptors (Lipinski definition) is 6. The summed E-state index contributed by atoms with van der Waals surface area (Å²) in [6, 6.07) is 0. The normalized spacial score (nSPS) is 26.0. The summed E-state index contributed by atoms with van der Waals surface area (Å²) in [5.41, 5.74) is 0.684. The summed E-state index contributed by atoms with van der Waals surface area (Å²) in [7, 11) is 0. The van der Waals surface area contributed by atoms with Crippen molar-refractivity contribution in [2.24, 2.45) is 0 Å². The van der Waals surface area contributed by atoms with E-state index in [4.69, 9.17) is 9.47 Å². The number of H-pyrrole nitrogens is 1. The van der Waals surface area contributed by atoms with Crippen LogP contribution in [-0.2, 0) is 4.74 Å². The molecule has 3 rings (SSSR count). The number of anilines is 1. The van der Waals surface area contributed by atoms with E-state index in [0.29, 0.717) is 17.5 Å². The highest BCUT2D eigenvalue weighted by molar-refractivity contribution is 5.80. The van der Waals surface area contributed by atoms with Gasteiger partial charge in [0.15, 0.2) is 5.65 Å². The molecule has 0 amide bonds. The summed E-state index contributed by atoms with van der Waals surface area (Å²) in [6.07, 6.45) is 3.94. The van der Waals surface area contributed by atoms with Crippen LogP contribution in [0.3, 0.4) is 0 Å². The molecule has 1 saturated heterocycles. The first-order valence-corrected chi connectivity index (χ1v) is 7.42. The zero-order chi connectivity index (χ0) is 14.8. The van der Waals surface area contributed by atoms with Gasteiger partial charge < -0.3 is 14.8 Å². The molecule has 0 bridgehead atoms. The Bertz CT molecular complexity index is 604. The molecule has 2 aromatic rings. The molecule has 0 saturated carbocycles. The van der Waals surface area contributed by atoms with Gasteiger partial charge in [0, 0.05) is 19.4 Å². The fraction of sp³-hybridized carbons (Fsp3) is 0.643. The highest BCUT2D eigenvalue weighted by Gasteiger charge is 2.27. The Labute approximate surface area is 123 Å². The molecule has 1 aliphatic rings. The van der Waals surface area contributed by atoms with Crippen LogP contribution in [0, 0.1) is 0 Å². The van der Waals surface area contributed by atoms with E-state index in [-0.39, 0.29) is 18.3 Å². The maximum Gasteiger partial charge on any atom is 0.229 e. The molecule has 2 N–H and O–H groups in total. The standard InChI is InChI=1S/C14H21N5O2/c1-4-15-14-17-12-11(7-16-19-12)13(18-14)21-10-5-8(2)20-9(3)6-10/h7-10H,4-6H2,1-3H3,(H2,15,16,17,18,19). The van der Waals surface area contributed by atoms with Crippen LogP contribution in [0.15, 0.2) is 6.20 Å². The zero-order valence-electron chi connectivity index (χ0n) is 12.6. The minimum atomic E-state index is 0.103. The van der Waals surface area contributed by atoms with E-state index in [0.717, 1.165) is 24.8 Å². The topological polar surface area (TPSA) is 85.0 Å². The number of aromatic amines is 1. The number of rotatable bonds is 4. The largest absolute Gasteiger partial charge is 0.474 e. The van der Waals surface area contributed by atoms with Gasteiger partial charge in [-0.25, -0.2) is 0 Å². The molecule has 21 heavy (non-hydrogen) atoms. The van der Waals surface area contributed by atoms with Crippen LogP contribution in [0.1, 0.15) is 33.6 Å². The fourth-order valence-electron chi connectivity index (χ4n) is 2.73. The minimum absolute atomic E-state index is 0.103. The summed E-state index contributed by atoms with van der Waals surface area (Å²) < 4.78 is 11.9. The summed E-state index contributed by atoms with van der Waals surface area (Å²) in [5, 5.41) is 10.8. The average molecular weight is 291 g/mol.